The Bertz CT molecular complexity index is 1110. The van der Waals surface area contributed by atoms with Crippen molar-refractivity contribution in [1.82, 2.24) is 4.72 Å². The first-order valence-electron chi connectivity index (χ1n) is 8.15. The number of furan rings is 1. The van der Waals surface area contributed by atoms with Gasteiger partial charge in [0, 0.05) is 11.3 Å². The monoisotopic (exact) mass is 422 g/mol. The third kappa shape index (κ3) is 4.59. The number of aryl methyl sites for hydroxylation is 1. The van der Waals surface area contributed by atoms with Crippen molar-refractivity contribution in [3.05, 3.63) is 82.5 Å². The van der Waals surface area contributed by atoms with Gasteiger partial charge in [0.1, 0.15) is 16.5 Å². The predicted octanol–water partition coefficient (Wildman–Crippen LogP) is 4.11. The molecule has 9 heteroatoms. The fourth-order valence-corrected chi connectivity index (χ4v) is 3.90. The summed E-state index contributed by atoms with van der Waals surface area (Å²) < 4.78 is 46.2. The highest BCUT2D eigenvalue weighted by Crippen LogP contribution is 2.24. The Hall–Kier alpha value is -2.68. The third-order valence-electron chi connectivity index (χ3n) is 3.93. The van der Waals surface area contributed by atoms with E-state index in [2.05, 4.69) is 10.0 Å². The van der Waals surface area contributed by atoms with Crippen molar-refractivity contribution in [1.29, 1.82) is 0 Å². The van der Waals surface area contributed by atoms with Crippen molar-refractivity contribution < 1.29 is 22.0 Å². The summed E-state index contributed by atoms with van der Waals surface area (Å²) in [6, 6.07) is 11.4. The van der Waals surface area contributed by atoms with E-state index >= 15 is 0 Å². The molecule has 0 fully saturated rings. The van der Waals surface area contributed by atoms with Gasteiger partial charge >= 0.3 is 0 Å². The number of rotatable bonds is 6. The summed E-state index contributed by atoms with van der Waals surface area (Å²) >= 11 is 6.02. The topological polar surface area (TPSA) is 88.4 Å². The number of carbonyl (C=O) groups excluding carboxylic acids is 1. The Morgan fingerprint density at radius 1 is 1.18 bits per heavy atom. The smallest absolute Gasteiger partial charge is 0.255 e. The van der Waals surface area contributed by atoms with Gasteiger partial charge < -0.3 is 9.73 Å². The molecule has 1 aromatic heterocycles. The molecule has 3 rings (SSSR count). The van der Waals surface area contributed by atoms with Gasteiger partial charge in [0.25, 0.3) is 5.91 Å². The molecule has 6 nitrogen and oxygen atoms in total. The van der Waals surface area contributed by atoms with Crippen LogP contribution in [0.1, 0.15) is 21.7 Å². The summed E-state index contributed by atoms with van der Waals surface area (Å²) in [5.74, 6) is -0.628. The molecule has 0 atom stereocenters. The molecular formula is C19H16ClFN2O4S. The molecule has 0 radical (unpaired) electrons. The second-order valence-corrected chi connectivity index (χ2v) is 8.11. The first kappa shape index (κ1) is 20.1. The molecule has 0 spiro atoms. The summed E-state index contributed by atoms with van der Waals surface area (Å²) in [4.78, 5) is 12.2. The molecule has 2 aromatic carbocycles. The lowest BCUT2D eigenvalue weighted by molar-refractivity contribution is 0.102. The molecule has 146 valence electrons. The van der Waals surface area contributed by atoms with E-state index in [-0.39, 0.29) is 27.7 Å². The van der Waals surface area contributed by atoms with Gasteiger partial charge in [-0.2, -0.15) is 0 Å². The van der Waals surface area contributed by atoms with Gasteiger partial charge in [-0.05, 0) is 55.0 Å². The zero-order valence-electron chi connectivity index (χ0n) is 14.7. The highest BCUT2D eigenvalue weighted by atomic mass is 35.5. The number of hydrogen-bond acceptors (Lipinski definition) is 4. The molecule has 0 saturated carbocycles. The molecule has 0 aliphatic heterocycles. The fraction of sp³-hybridized carbons (Fsp3) is 0.105. The number of carbonyl (C=O) groups is 1. The second-order valence-electron chi connectivity index (χ2n) is 5.97. The minimum absolute atomic E-state index is 0.0372. The minimum atomic E-state index is -3.99. The maximum Gasteiger partial charge on any atom is 0.255 e. The molecule has 0 unspecified atom stereocenters. The van der Waals surface area contributed by atoms with Crippen LogP contribution in [0.5, 0.6) is 0 Å². The van der Waals surface area contributed by atoms with Gasteiger partial charge in [0.15, 0.2) is 0 Å². The summed E-state index contributed by atoms with van der Waals surface area (Å²) in [5, 5.41) is 2.49. The van der Waals surface area contributed by atoms with Gasteiger partial charge in [-0.15, -0.1) is 0 Å². The zero-order chi connectivity index (χ0) is 20.3. The van der Waals surface area contributed by atoms with E-state index in [1.54, 1.807) is 25.1 Å². The van der Waals surface area contributed by atoms with Crippen LogP contribution >= 0.6 is 11.6 Å². The Labute approximate surface area is 166 Å². The van der Waals surface area contributed by atoms with Gasteiger partial charge in [-0.25, -0.2) is 17.5 Å². The van der Waals surface area contributed by atoms with E-state index in [9.17, 15) is 17.6 Å². The zero-order valence-corrected chi connectivity index (χ0v) is 16.3. The van der Waals surface area contributed by atoms with Crippen LogP contribution in [0.2, 0.25) is 5.02 Å². The van der Waals surface area contributed by atoms with E-state index in [0.29, 0.717) is 11.3 Å². The molecule has 0 aliphatic rings. The van der Waals surface area contributed by atoms with Crippen LogP contribution in [0.15, 0.2) is 64.1 Å². The lowest BCUT2D eigenvalue weighted by atomic mass is 10.2. The van der Waals surface area contributed by atoms with Gasteiger partial charge in [-0.3, -0.25) is 4.79 Å². The van der Waals surface area contributed by atoms with Crippen molar-refractivity contribution in [2.45, 2.75) is 18.4 Å². The molecule has 3 aromatic rings. The van der Waals surface area contributed by atoms with Crippen molar-refractivity contribution in [2.75, 3.05) is 5.32 Å². The average Bonchev–Trinajstić information content (AvgIpc) is 3.17. The van der Waals surface area contributed by atoms with E-state index < -0.39 is 21.7 Å². The van der Waals surface area contributed by atoms with E-state index in [0.717, 1.165) is 6.07 Å². The standard InChI is InChI=1S/C19H16ClFN2O4S/c1-12-4-6-14(10-17(12)21)23-19(24)13-5-7-16(20)18(9-13)28(25,26)22-11-15-3-2-8-27-15/h2-10,22H,11H2,1H3,(H,23,24). The van der Waals surface area contributed by atoms with Gasteiger partial charge in [0.2, 0.25) is 10.0 Å². The summed E-state index contributed by atoms with van der Waals surface area (Å²) in [5.41, 5.74) is 0.757. The minimum Gasteiger partial charge on any atom is -0.468 e. The van der Waals surface area contributed by atoms with E-state index in [1.165, 1.54) is 30.5 Å². The summed E-state index contributed by atoms with van der Waals surface area (Å²) in [6.45, 7) is 1.54. The quantitative estimate of drug-likeness (QED) is 0.625. The second kappa shape index (κ2) is 8.14. The average molecular weight is 423 g/mol. The highest BCUT2D eigenvalue weighted by Gasteiger charge is 2.20. The van der Waals surface area contributed by atoms with Gasteiger partial charge in [0.05, 0.1) is 17.8 Å². The van der Waals surface area contributed by atoms with Crippen LogP contribution in [-0.2, 0) is 16.6 Å². The van der Waals surface area contributed by atoms with Gasteiger partial charge in [-0.1, -0.05) is 17.7 Å². The van der Waals surface area contributed by atoms with Crippen molar-refractivity contribution in [2.24, 2.45) is 0 Å². The first-order valence-corrected chi connectivity index (χ1v) is 10.0. The number of halogens is 2. The number of benzene rings is 2. The van der Waals surface area contributed by atoms with Crippen LogP contribution < -0.4 is 10.0 Å². The molecule has 0 aliphatic carbocycles. The van der Waals surface area contributed by atoms with Crippen molar-refractivity contribution in [3.63, 3.8) is 0 Å². The Morgan fingerprint density at radius 2 is 1.96 bits per heavy atom. The number of amides is 1. The first-order chi connectivity index (χ1) is 13.3. The number of hydrogen-bond donors (Lipinski definition) is 2. The summed E-state index contributed by atoms with van der Waals surface area (Å²) in [6.07, 6.45) is 1.43. The Morgan fingerprint density at radius 3 is 2.64 bits per heavy atom. The maximum absolute atomic E-state index is 13.6. The normalized spacial score (nSPS) is 11.4. The Balaban J connectivity index is 1.81. The molecule has 28 heavy (non-hydrogen) atoms. The van der Waals surface area contributed by atoms with Crippen LogP contribution in [0, 0.1) is 12.7 Å². The third-order valence-corrected chi connectivity index (χ3v) is 5.81. The van der Waals surface area contributed by atoms with Crippen LogP contribution in [0.25, 0.3) is 0 Å². The predicted molar refractivity (Wildman–Crippen MR) is 103 cm³/mol. The van der Waals surface area contributed by atoms with Crippen LogP contribution in [-0.4, -0.2) is 14.3 Å². The van der Waals surface area contributed by atoms with Crippen LogP contribution in [0.3, 0.4) is 0 Å². The molecule has 1 amide bonds. The fourth-order valence-electron chi connectivity index (χ4n) is 2.38. The van der Waals surface area contributed by atoms with Crippen LogP contribution in [0.4, 0.5) is 10.1 Å². The lowest BCUT2D eigenvalue weighted by Crippen LogP contribution is -2.24. The highest BCUT2D eigenvalue weighted by molar-refractivity contribution is 7.89. The number of sulfonamides is 1. The van der Waals surface area contributed by atoms with E-state index in [1.807, 2.05) is 0 Å². The molecule has 0 saturated heterocycles. The molecule has 0 bridgehead atoms. The Kier molecular flexibility index (Phi) is 5.83. The largest absolute Gasteiger partial charge is 0.468 e. The molecule has 2 N–H and O–H groups in total. The maximum atomic E-state index is 13.6. The van der Waals surface area contributed by atoms with Crippen molar-refractivity contribution in [3.8, 4) is 0 Å². The number of nitrogens with one attached hydrogen (secondary N) is 2. The molecular weight excluding hydrogens is 407 g/mol. The van der Waals surface area contributed by atoms with E-state index in [4.69, 9.17) is 16.0 Å². The van der Waals surface area contributed by atoms with Crippen molar-refractivity contribution >= 4 is 33.2 Å². The number of anilines is 1. The molecule has 1 heterocycles. The lowest BCUT2D eigenvalue weighted by Gasteiger charge is -2.10. The SMILES string of the molecule is Cc1ccc(NC(=O)c2ccc(Cl)c(S(=O)(=O)NCc3ccco3)c2)cc1F. The summed E-state index contributed by atoms with van der Waals surface area (Å²) in [7, 11) is -3.99.